The lowest BCUT2D eigenvalue weighted by Gasteiger charge is -2.09. The molecule has 106 valence electrons. The lowest BCUT2D eigenvalue weighted by atomic mass is 10.1. The molecule has 2 rings (SSSR count). The Morgan fingerprint density at radius 3 is 2.80 bits per heavy atom. The molecule has 0 bridgehead atoms. The molecule has 20 heavy (non-hydrogen) atoms. The number of carbonyl (C=O) groups is 1. The van der Waals surface area contributed by atoms with Crippen molar-refractivity contribution in [1.82, 2.24) is 0 Å². The maximum atomic E-state index is 12.1. The molecule has 5 nitrogen and oxygen atoms in total. The van der Waals surface area contributed by atoms with E-state index in [1.54, 1.807) is 19.2 Å². The number of methoxy groups -OCH3 is 1. The first-order chi connectivity index (χ1) is 9.74. The molecule has 3 N–H and O–H groups in total. The Bertz CT molecular complexity index is 578. The van der Waals surface area contributed by atoms with Gasteiger partial charge in [0.2, 0.25) is 0 Å². The number of hydrogen-bond donors (Lipinski definition) is 2. The van der Waals surface area contributed by atoms with Crippen molar-refractivity contribution in [2.24, 2.45) is 5.73 Å². The Hall–Kier alpha value is -2.11. The summed E-state index contributed by atoms with van der Waals surface area (Å²) in [6, 6.07) is 10.9. The SMILES string of the molecule is COCCc1ccccc1NC(=O)c1ccc(CN)o1. The molecule has 2 aromatic rings. The molecule has 5 heteroatoms. The molecule has 0 radical (unpaired) electrons. The predicted octanol–water partition coefficient (Wildman–Crippen LogP) is 2.18. The van der Waals surface area contributed by atoms with Crippen molar-refractivity contribution in [2.45, 2.75) is 13.0 Å². The Morgan fingerprint density at radius 1 is 1.30 bits per heavy atom. The number of nitrogens with two attached hydrogens (primary N) is 1. The van der Waals surface area contributed by atoms with Crippen molar-refractivity contribution >= 4 is 11.6 Å². The van der Waals surface area contributed by atoms with E-state index in [0.717, 1.165) is 17.7 Å². The van der Waals surface area contributed by atoms with Crippen molar-refractivity contribution in [3.63, 3.8) is 0 Å². The van der Waals surface area contributed by atoms with Gasteiger partial charge in [0.25, 0.3) is 5.91 Å². The fraction of sp³-hybridized carbons (Fsp3) is 0.267. The maximum Gasteiger partial charge on any atom is 0.291 e. The highest BCUT2D eigenvalue weighted by Gasteiger charge is 2.12. The Kier molecular flexibility index (Phi) is 4.92. The summed E-state index contributed by atoms with van der Waals surface area (Å²) in [5.41, 5.74) is 7.24. The van der Waals surface area contributed by atoms with Crippen LogP contribution in [0, 0.1) is 0 Å². The van der Waals surface area contributed by atoms with Gasteiger partial charge in [-0.15, -0.1) is 0 Å². The number of para-hydroxylation sites is 1. The Balaban J connectivity index is 2.10. The minimum absolute atomic E-state index is 0.256. The molecule has 0 saturated heterocycles. The normalized spacial score (nSPS) is 10.5. The van der Waals surface area contributed by atoms with Gasteiger partial charge in [-0.1, -0.05) is 18.2 Å². The standard InChI is InChI=1S/C15H18N2O3/c1-19-9-8-11-4-2-3-5-13(11)17-15(18)14-7-6-12(10-16)20-14/h2-7H,8-10,16H2,1H3,(H,17,18). The fourth-order valence-electron chi connectivity index (χ4n) is 1.87. The average Bonchev–Trinajstić information content (AvgIpc) is 2.95. The second kappa shape index (κ2) is 6.88. The van der Waals surface area contributed by atoms with Crippen molar-refractivity contribution in [1.29, 1.82) is 0 Å². The molecule has 0 saturated carbocycles. The number of benzene rings is 1. The molecule has 0 aliphatic heterocycles. The van der Waals surface area contributed by atoms with E-state index >= 15 is 0 Å². The highest BCUT2D eigenvalue weighted by molar-refractivity contribution is 6.02. The zero-order valence-electron chi connectivity index (χ0n) is 11.4. The smallest absolute Gasteiger partial charge is 0.291 e. The van der Waals surface area contributed by atoms with Gasteiger partial charge in [-0.2, -0.15) is 0 Å². The van der Waals surface area contributed by atoms with E-state index in [9.17, 15) is 4.79 Å². The van der Waals surface area contributed by atoms with Crippen molar-refractivity contribution in [2.75, 3.05) is 19.0 Å². The predicted molar refractivity (Wildman–Crippen MR) is 76.6 cm³/mol. The summed E-state index contributed by atoms with van der Waals surface area (Å²) in [6.07, 6.45) is 0.735. The van der Waals surface area contributed by atoms with Crippen LogP contribution in [0.2, 0.25) is 0 Å². The van der Waals surface area contributed by atoms with Crippen LogP contribution < -0.4 is 11.1 Å². The number of anilines is 1. The van der Waals surface area contributed by atoms with Gasteiger partial charge in [-0.05, 0) is 30.2 Å². The molecule has 0 spiro atoms. The summed E-state index contributed by atoms with van der Waals surface area (Å²) >= 11 is 0. The molecule has 0 aliphatic rings. The number of hydrogen-bond acceptors (Lipinski definition) is 4. The van der Waals surface area contributed by atoms with Crippen LogP contribution in [-0.4, -0.2) is 19.6 Å². The van der Waals surface area contributed by atoms with E-state index < -0.39 is 0 Å². The van der Waals surface area contributed by atoms with E-state index in [-0.39, 0.29) is 18.2 Å². The van der Waals surface area contributed by atoms with Crippen LogP contribution in [0.3, 0.4) is 0 Å². The zero-order chi connectivity index (χ0) is 14.4. The molecule has 1 heterocycles. The van der Waals surface area contributed by atoms with Crippen LogP contribution >= 0.6 is 0 Å². The average molecular weight is 274 g/mol. The topological polar surface area (TPSA) is 77.5 Å². The van der Waals surface area contributed by atoms with E-state index in [4.69, 9.17) is 14.9 Å². The largest absolute Gasteiger partial charge is 0.455 e. The van der Waals surface area contributed by atoms with Crippen LogP contribution in [0.1, 0.15) is 21.9 Å². The highest BCUT2D eigenvalue weighted by atomic mass is 16.5. The van der Waals surface area contributed by atoms with Crippen molar-refractivity contribution < 1.29 is 13.9 Å². The van der Waals surface area contributed by atoms with Crippen LogP contribution in [0.5, 0.6) is 0 Å². The number of carbonyl (C=O) groups excluding carboxylic acids is 1. The van der Waals surface area contributed by atoms with Crippen LogP contribution in [0.4, 0.5) is 5.69 Å². The molecule has 1 aromatic heterocycles. The van der Waals surface area contributed by atoms with Crippen LogP contribution in [0.15, 0.2) is 40.8 Å². The van der Waals surface area contributed by atoms with E-state index in [0.29, 0.717) is 12.4 Å². The minimum Gasteiger partial charge on any atom is -0.455 e. The van der Waals surface area contributed by atoms with Crippen LogP contribution in [0.25, 0.3) is 0 Å². The summed E-state index contributed by atoms with van der Waals surface area (Å²) in [6.45, 7) is 0.878. The highest BCUT2D eigenvalue weighted by Crippen LogP contribution is 2.17. The molecule has 0 unspecified atom stereocenters. The van der Waals surface area contributed by atoms with Gasteiger partial charge in [0.15, 0.2) is 5.76 Å². The quantitative estimate of drug-likeness (QED) is 0.846. The lowest BCUT2D eigenvalue weighted by molar-refractivity contribution is 0.0995. The maximum absolute atomic E-state index is 12.1. The van der Waals surface area contributed by atoms with Gasteiger partial charge in [0.05, 0.1) is 13.2 Å². The molecule has 1 aromatic carbocycles. The zero-order valence-corrected chi connectivity index (χ0v) is 11.4. The third kappa shape index (κ3) is 3.46. The molecule has 0 aliphatic carbocycles. The monoisotopic (exact) mass is 274 g/mol. The first-order valence-electron chi connectivity index (χ1n) is 6.41. The number of rotatable bonds is 6. The first kappa shape index (κ1) is 14.3. The van der Waals surface area contributed by atoms with Gasteiger partial charge >= 0.3 is 0 Å². The first-order valence-corrected chi connectivity index (χ1v) is 6.41. The molecule has 1 amide bonds. The molecular formula is C15H18N2O3. The third-order valence-corrected chi connectivity index (χ3v) is 2.93. The van der Waals surface area contributed by atoms with Crippen LogP contribution in [-0.2, 0) is 17.7 Å². The van der Waals surface area contributed by atoms with Gasteiger partial charge in [0, 0.05) is 12.8 Å². The minimum atomic E-state index is -0.283. The molecule has 0 atom stereocenters. The number of amides is 1. The summed E-state index contributed by atoms with van der Waals surface area (Å²) in [5, 5.41) is 2.84. The summed E-state index contributed by atoms with van der Waals surface area (Å²) in [4.78, 5) is 12.1. The third-order valence-electron chi connectivity index (χ3n) is 2.93. The van der Waals surface area contributed by atoms with Gasteiger partial charge < -0.3 is 20.2 Å². The summed E-state index contributed by atoms with van der Waals surface area (Å²) < 4.78 is 10.4. The number of ether oxygens (including phenoxy) is 1. The van der Waals surface area contributed by atoms with Gasteiger partial charge in [-0.25, -0.2) is 0 Å². The summed E-state index contributed by atoms with van der Waals surface area (Å²) in [5.74, 6) is 0.560. The van der Waals surface area contributed by atoms with Gasteiger partial charge in [-0.3, -0.25) is 4.79 Å². The lowest BCUT2D eigenvalue weighted by Crippen LogP contribution is -2.13. The number of furan rings is 1. The van der Waals surface area contributed by atoms with Crippen molar-refractivity contribution in [3.8, 4) is 0 Å². The molecule has 0 fully saturated rings. The number of nitrogens with one attached hydrogen (secondary N) is 1. The summed E-state index contributed by atoms with van der Waals surface area (Å²) in [7, 11) is 1.65. The second-order valence-electron chi connectivity index (χ2n) is 4.32. The van der Waals surface area contributed by atoms with Gasteiger partial charge in [0.1, 0.15) is 5.76 Å². The van der Waals surface area contributed by atoms with E-state index in [1.165, 1.54) is 0 Å². The fourth-order valence-corrected chi connectivity index (χ4v) is 1.87. The second-order valence-corrected chi connectivity index (χ2v) is 4.32. The Morgan fingerprint density at radius 2 is 2.10 bits per heavy atom. The molecular weight excluding hydrogens is 256 g/mol. The van der Waals surface area contributed by atoms with E-state index in [1.807, 2.05) is 24.3 Å². The van der Waals surface area contributed by atoms with E-state index in [2.05, 4.69) is 5.32 Å². The van der Waals surface area contributed by atoms with Crippen molar-refractivity contribution in [3.05, 3.63) is 53.5 Å². The Labute approximate surface area is 117 Å².